The van der Waals surface area contributed by atoms with Gasteiger partial charge in [0.2, 0.25) is 0 Å². The summed E-state index contributed by atoms with van der Waals surface area (Å²) in [5, 5.41) is 13.4. The molecule has 0 atom stereocenters. The molecule has 0 saturated heterocycles. The highest BCUT2D eigenvalue weighted by Gasteiger charge is 2.22. The predicted molar refractivity (Wildman–Crippen MR) is 71.4 cm³/mol. The Morgan fingerprint density at radius 3 is 2.43 bits per heavy atom. The van der Waals surface area contributed by atoms with Crippen molar-refractivity contribution in [1.29, 1.82) is 0 Å². The topological polar surface area (TPSA) is 87.7 Å². The average Bonchev–Trinajstić information content (AvgIpc) is 2.31. The van der Waals surface area contributed by atoms with Crippen molar-refractivity contribution in [3.8, 4) is 0 Å². The van der Waals surface area contributed by atoms with Crippen molar-refractivity contribution >= 4 is 17.7 Å². The van der Waals surface area contributed by atoms with Crippen molar-refractivity contribution in [2.75, 3.05) is 19.0 Å². The quantitative estimate of drug-likeness (QED) is 0.778. The van der Waals surface area contributed by atoms with Crippen LogP contribution in [0.25, 0.3) is 0 Å². The number of carbonyl (C=O) groups is 2. The average molecular weight is 302 g/mol. The molecule has 0 spiro atoms. The third kappa shape index (κ3) is 4.67. The number of hydrogen-bond donors (Lipinski definition) is 3. The van der Waals surface area contributed by atoms with Crippen LogP contribution in [0.15, 0.2) is 12.1 Å². The molecule has 0 radical (unpaired) electrons. The van der Waals surface area contributed by atoms with E-state index >= 15 is 0 Å². The molecule has 8 heteroatoms. The first-order chi connectivity index (χ1) is 9.66. The first-order valence-electron chi connectivity index (χ1n) is 5.96. The number of carbonyl (C=O) groups excluding carboxylic acids is 1. The fourth-order valence-electron chi connectivity index (χ4n) is 1.67. The van der Waals surface area contributed by atoms with E-state index in [1.54, 1.807) is 13.8 Å². The van der Waals surface area contributed by atoms with Crippen molar-refractivity contribution in [3.05, 3.63) is 29.3 Å². The summed E-state index contributed by atoms with van der Waals surface area (Å²) < 4.78 is 31.7. The number of carboxylic acids is 1. The molecule has 0 fully saturated rings. The smallest absolute Gasteiger partial charge is 0.338 e. The highest BCUT2D eigenvalue weighted by molar-refractivity contribution is 5.93. The van der Waals surface area contributed by atoms with Crippen LogP contribution in [0, 0.1) is 11.6 Å². The van der Waals surface area contributed by atoms with Gasteiger partial charge in [-0.15, -0.1) is 0 Å². The van der Waals surface area contributed by atoms with E-state index in [1.165, 1.54) is 7.11 Å². The van der Waals surface area contributed by atoms with E-state index in [1.807, 2.05) is 0 Å². The number of halogens is 2. The van der Waals surface area contributed by atoms with Gasteiger partial charge in [-0.25, -0.2) is 18.4 Å². The zero-order valence-corrected chi connectivity index (χ0v) is 11.8. The van der Waals surface area contributed by atoms with Gasteiger partial charge in [0, 0.05) is 13.2 Å². The van der Waals surface area contributed by atoms with E-state index in [4.69, 9.17) is 9.84 Å². The van der Waals surface area contributed by atoms with Crippen LogP contribution in [0.5, 0.6) is 0 Å². The first-order valence-corrected chi connectivity index (χ1v) is 5.96. The number of anilines is 1. The van der Waals surface area contributed by atoms with E-state index in [-0.39, 0.29) is 6.61 Å². The second kappa shape index (κ2) is 6.49. The van der Waals surface area contributed by atoms with Crippen molar-refractivity contribution < 1.29 is 28.2 Å². The van der Waals surface area contributed by atoms with Gasteiger partial charge in [0.25, 0.3) is 0 Å². The Kier molecular flexibility index (Phi) is 5.20. The lowest BCUT2D eigenvalue weighted by Gasteiger charge is -2.25. The lowest BCUT2D eigenvalue weighted by molar-refractivity contribution is 0.0691. The summed E-state index contributed by atoms with van der Waals surface area (Å²) in [6, 6.07) is 0.355. The van der Waals surface area contributed by atoms with Gasteiger partial charge in [0.15, 0.2) is 0 Å². The molecule has 0 saturated carbocycles. The molecule has 6 nitrogen and oxygen atoms in total. The van der Waals surface area contributed by atoms with E-state index in [0.29, 0.717) is 6.07 Å². The molecule has 1 aromatic carbocycles. The van der Waals surface area contributed by atoms with E-state index in [0.717, 1.165) is 6.07 Å². The Labute approximate surface area is 120 Å². The van der Waals surface area contributed by atoms with Crippen molar-refractivity contribution in [2.45, 2.75) is 19.4 Å². The molecule has 0 unspecified atom stereocenters. The Balaban J connectivity index is 2.90. The minimum Gasteiger partial charge on any atom is -0.478 e. The monoisotopic (exact) mass is 302 g/mol. The van der Waals surface area contributed by atoms with E-state index in [2.05, 4.69) is 10.6 Å². The number of carboxylic acid groups (broad SMARTS) is 1. The van der Waals surface area contributed by atoms with E-state index in [9.17, 15) is 18.4 Å². The summed E-state index contributed by atoms with van der Waals surface area (Å²) in [6.45, 7) is 3.58. The van der Waals surface area contributed by atoms with Crippen LogP contribution in [0.2, 0.25) is 0 Å². The number of aromatic carboxylic acids is 1. The molecule has 1 aromatic rings. The lowest BCUT2D eigenvalue weighted by atomic mass is 10.1. The minimum atomic E-state index is -1.56. The van der Waals surface area contributed by atoms with Gasteiger partial charge in [-0.2, -0.15) is 0 Å². The zero-order chi connectivity index (χ0) is 16.2. The highest BCUT2D eigenvalue weighted by atomic mass is 19.1. The fraction of sp³-hybridized carbons (Fsp3) is 0.385. The lowest BCUT2D eigenvalue weighted by Crippen LogP contribution is -2.48. The molecule has 0 aliphatic carbocycles. The second-order valence-electron chi connectivity index (χ2n) is 5.01. The minimum absolute atomic E-state index is 0.215. The predicted octanol–water partition coefficient (Wildman–Crippen LogP) is 2.21. The van der Waals surface area contributed by atoms with E-state index < -0.39 is 40.4 Å². The van der Waals surface area contributed by atoms with Crippen LogP contribution in [0.3, 0.4) is 0 Å². The van der Waals surface area contributed by atoms with Crippen LogP contribution >= 0.6 is 0 Å². The Bertz CT molecular complexity index is 561. The molecular formula is C13H16F2N2O4. The Morgan fingerprint density at radius 2 is 1.90 bits per heavy atom. The first kappa shape index (κ1) is 16.8. The maximum Gasteiger partial charge on any atom is 0.338 e. The molecule has 0 bridgehead atoms. The number of ether oxygens (including phenoxy) is 1. The van der Waals surface area contributed by atoms with Crippen LogP contribution in [0.1, 0.15) is 24.2 Å². The molecule has 0 aromatic heterocycles. The summed E-state index contributed by atoms with van der Waals surface area (Å²) in [7, 11) is 1.46. The van der Waals surface area contributed by atoms with Gasteiger partial charge in [0.1, 0.15) is 11.6 Å². The van der Waals surface area contributed by atoms with Gasteiger partial charge < -0.3 is 20.5 Å². The van der Waals surface area contributed by atoms with Gasteiger partial charge in [-0.05, 0) is 19.9 Å². The molecule has 0 aliphatic heterocycles. The largest absolute Gasteiger partial charge is 0.478 e. The number of rotatable bonds is 5. The third-order valence-electron chi connectivity index (χ3n) is 2.49. The Hall–Kier alpha value is -2.22. The molecule has 116 valence electrons. The number of hydrogen-bond acceptors (Lipinski definition) is 3. The van der Waals surface area contributed by atoms with Crippen molar-refractivity contribution in [3.63, 3.8) is 0 Å². The summed E-state index contributed by atoms with van der Waals surface area (Å²) in [5.74, 6) is -3.85. The van der Waals surface area contributed by atoms with Gasteiger partial charge in [-0.1, -0.05) is 0 Å². The zero-order valence-electron chi connectivity index (χ0n) is 11.8. The molecule has 0 heterocycles. The van der Waals surface area contributed by atoms with Gasteiger partial charge in [0.05, 0.1) is 23.4 Å². The van der Waals surface area contributed by atoms with Crippen LogP contribution in [-0.2, 0) is 4.74 Å². The second-order valence-corrected chi connectivity index (χ2v) is 5.01. The summed E-state index contributed by atoms with van der Waals surface area (Å²) >= 11 is 0. The number of nitrogens with one attached hydrogen (secondary N) is 2. The van der Waals surface area contributed by atoms with Crippen LogP contribution in [-0.4, -0.2) is 36.4 Å². The molecular weight excluding hydrogens is 286 g/mol. The Morgan fingerprint density at radius 1 is 1.29 bits per heavy atom. The third-order valence-corrected chi connectivity index (χ3v) is 2.49. The maximum atomic E-state index is 13.5. The van der Waals surface area contributed by atoms with Crippen molar-refractivity contribution in [2.24, 2.45) is 0 Å². The number of urea groups is 1. The van der Waals surface area contributed by atoms with Gasteiger partial charge >= 0.3 is 12.0 Å². The summed E-state index contributed by atoms with van der Waals surface area (Å²) in [4.78, 5) is 22.5. The SMILES string of the molecule is COCC(C)(C)NC(=O)Nc1cc(C(=O)O)c(F)cc1F. The molecule has 3 N–H and O–H groups in total. The van der Waals surface area contributed by atoms with Crippen molar-refractivity contribution in [1.82, 2.24) is 5.32 Å². The fourth-order valence-corrected chi connectivity index (χ4v) is 1.67. The molecule has 0 aliphatic rings. The summed E-state index contributed by atoms with van der Waals surface area (Å²) in [5.41, 5.74) is -1.88. The highest BCUT2D eigenvalue weighted by Crippen LogP contribution is 2.19. The van der Waals surface area contributed by atoms with Crippen LogP contribution < -0.4 is 10.6 Å². The molecule has 1 rings (SSSR count). The number of amides is 2. The van der Waals surface area contributed by atoms with Crippen LogP contribution in [0.4, 0.5) is 19.3 Å². The maximum absolute atomic E-state index is 13.5. The number of methoxy groups -OCH3 is 1. The standard InChI is InChI=1S/C13H16F2N2O4/c1-13(2,6-21-3)17-12(20)16-10-4-7(11(18)19)8(14)5-9(10)15/h4-5H,6H2,1-3H3,(H,18,19)(H2,16,17,20). The summed E-state index contributed by atoms with van der Waals surface area (Å²) in [6.07, 6.45) is 0. The number of benzene rings is 1. The van der Waals surface area contributed by atoms with Gasteiger partial charge in [-0.3, -0.25) is 0 Å². The normalized spacial score (nSPS) is 11.1. The molecule has 21 heavy (non-hydrogen) atoms. The molecule has 2 amide bonds.